The smallest absolute Gasteiger partial charge is 0.387 e. The van der Waals surface area contributed by atoms with Crippen molar-refractivity contribution in [2.24, 2.45) is 0 Å². The van der Waals surface area contributed by atoms with Gasteiger partial charge >= 0.3 is 6.61 Å². The number of hydrogen-bond acceptors (Lipinski definition) is 2. The highest BCUT2D eigenvalue weighted by atomic mass is 32.1. The zero-order chi connectivity index (χ0) is 16.1. The molecule has 0 bridgehead atoms. The number of benzene rings is 2. The molecule has 0 aliphatic rings. The molecule has 116 valence electrons. The lowest BCUT2D eigenvalue weighted by molar-refractivity contribution is -0.0498. The number of nitrogens with one attached hydrogen (secondary N) is 2. The number of hydrogen-bond donors (Lipinski definition) is 2. The molecule has 0 aromatic heterocycles. The van der Waals surface area contributed by atoms with Gasteiger partial charge in [-0.3, -0.25) is 0 Å². The van der Waals surface area contributed by atoms with Crippen LogP contribution in [0.5, 0.6) is 5.75 Å². The monoisotopic (exact) mass is 326 g/mol. The van der Waals surface area contributed by atoms with Crippen LogP contribution >= 0.6 is 12.2 Å². The zero-order valence-corrected chi connectivity index (χ0v) is 12.4. The molecule has 0 radical (unpaired) electrons. The fourth-order valence-electron chi connectivity index (χ4n) is 1.80. The van der Waals surface area contributed by atoms with Gasteiger partial charge < -0.3 is 15.4 Å². The fraction of sp³-hybridized carbons (Fsp3) is 0.133. The van der Waals surface area contributed by atoms with Crippen LogP contribution in [-0.4, -0.2) is 11.7 Å². The van der Waals surface area contributed by atoms with E-state index < -0.39 is 6.61 Å². The van der Waals surface area contributed by atoms with Crippen molar-refractivity contribution in [1.29, 1.82) is 0 Å². The maximum Gasteiger partial charge on any atom is 0.387 e. The summed E-state index contributed by atoms with van der Waals surface area (Å²) in [7, 11) is 0. The molecular formula is C15H13F3N2OS. The standard InChI is InChI=1S/C15H13F3N2OS/c1-9-7-12(21-14(17)18)5-6-13(9)20-15(22)19-11-4-2-3-10(16)8-11/h2-8,14H,1H3,(H2,19,20,22). The third kappa shape index (κ3) is 4.63. The molecule has 22 heavy (non-hydrogen) atoms. The van der Waals surface area contributed by atoms with E-state index in [-0.39, 0.29) is 16.7 Å². The van der Waals surface area contributed by atoms with Gasteiger partial charge in [0.15, 0.2) is 5.11 Å². The number of anilines is 2. The first-order valence-electron chi connectivity index (χ1n) is 6.33. The Hall–Kier alpha value is -2.28. The average Bonchev–Trinajstić information content (AvgIpc) is 2.41. The third-order valence-corrected chi connectivity index (χ3v) is 2.96. The van der Waals surface area contributed by atoms with E-state index in [0.717, 1.165) is 0 Å². The first-order chi connectivity index (χ1) is 10.4. The molecule has 0 fully saturated rings. The average molecular weight is 326 g/mol. The minimum absolute atomic E-state index is 0.0713. The highest BCUT2D eigenvalue weighted by Crippen LogP contribution is 2.23. The Labute approximate surface area is 131 Å². The molecule has 0 amide bonds. The number of alkyl halides is 2. The maximum atomic E-state index is 13.1. The van der Waals surface area contributed by atoms with E-state index in [1.54, 1.807) is 25.1 Å². The summed E-state index contributed by atoms with van der Waals surface area (Å²) in [5.74, 6) is -0.306. The molecule has 2 aromatic rings. The quantitative estimate of drug-likeness (QED) is 0.808. The van der Waals surface area contributed by atoms with Crippen molar-refractivity contribution in [3.8, 4) is 5.75 Å². The molecule has 0 aliphatic carbocycles. The van der Waals surface area contributed by atoms with Crippen LogP contribution in [0.4, 0.5) is 24.5 Å². The molecule has 0 unspecified atom stereocenters. The van der Waals surface area contributed by atoms with Gasteiger partial charge in [-0.25, -0.2) is 4.39 Å². The van der Waals surface area contributed by atoms with Crippen molar-refractivity contribution < 1.29 is 17.9 Å². The third-order valence-electron chi connectivity index (χ3n) is 2.75. The van der Waals surface area contributed by atoms with Crippen LogP contribution in [0.2, 0.25) is 0 Å². The second-order valence-corrected chi connectivity index (χ2v) is 4.85. The van der Waals surface area contributed by atoms with Gasteiger partial charge in [-0.1, -0.05) is 6.07 Å². The summed E-state index contributed by atoms with van der Waals surface area (Å²) in [5, 5.41) is 6.01. The predicted octanol–water partition coefficient (Wildman–Crippen LogP) is 4.54. The summed E-state index contributed by atoms with van der Waals surface area (Å²) in [6, 6.07) is 10.3. The normalized spacial score (nSPS) is 10.4. The molecule has 0 saturated carbocycles. The van der Waals surface area contributed by atoms with E-state index in [1.807, 2.05) is 0 Å². The van der Waals surface area contributed by atoms with Crippen LogP contribution in [0.15, 0.2) is 42.5 Å². The Morgan fingerprint density at radius 1 is 1.14 bits per heavy atom. The molecule has 7 heteroatoms. The van der Waals surface area contributed by atoms with E-state index in [4.69, 9.17) is 12.2 Å². The number of ether oxygens (including phenoxy) is 1. The van der Waals surface area contributed by atoms with E-state index in [0.29, 0.717) is 16.9 Å². The van der Waals surface area contributed by atoms with Crippen molar-refractivity contribution in [3.05, 3.63) is 53.8 Å². The van der Waals surface area contributed by atoms with Crippen molar-refractivity contribution in [1.82, 2.24) is 0 Å². The Balaban J connectivity index is 2.02. The summed E-state index contributed by atoms with van der Waals surface area (Å²) < 4.78 is 41.7. The van der Waals surface area contributed by atoms with Gasteiger partial charge in [0.1, 0.15) is 11.6 Å². The van der Waals surface area contributed by atoms with E-state index >= 15 is 0 Å². The summed E-state index contributed by atoms with van der Waals surface area (Å²) in [6.07, 6.45) is 0. The second-order valence-electron chi connectivity index (χ2n) is 4.44. The van der Waals surface area contributed by atoms with Gasteiger partial charge in [-0.2, -0.15) is 8.78 Å². The zero-order valence-electron chi connectivity index (χ0n) is 11.6. The van der Waals surface area contributed by atoms with Crippen molar-refractivity contribution in [2.75, 3.05) is 10.6 Å². The lowest BCUT2D eigenvalue weighted by atomic mass is 10.2. The van der Waals surface area contributed by atoms with Crippen molar-refractivity contribution in [3.63, 3.8) is 0 Å². The Morgan fingerprint density at radius 3 is 2.55 bits per heavy atom. The molecule has 0 aliphatic heterocycles. The maximum absolute atomic E-state index is 13.1. The molecule has 2 aromatic carbocycles. The van der Waals surface area contributed by atoms with Gasteiger partial charge in [0.05, 0.1) is 0 Å². The Kier molecular flexibility index (Phi) is 5.21. The van der Waals surface area contributed by atoms with Crippen molar-refractivity contribution >= 4 is 28.7 Å². The summed E-state index contributed by atoms with van der Waals surface area (Å²) in [5.41, 5.74) is 1.82. The van der Waals surface area contributed by atoms with E-state index in [2.05, 4.69) is 15.4 Å². The first-order valence-corrected chi connectivity index (χ1v) is 6.74. The van der Waals surface area contributed by atoms with Crippen LogP contribution in [0.1, 0.15) is 5.56 Å². The van der Waals surface area contributed by atoms with Crippen LogP contribution in [0.25, 0.3) is 0 Å². The summed E-state index contributed by atoms with van der Waals surface area (Å²) in [6.45, 7) is -1.14. The Bertz CT molecular complexity index is 680. The highest BCUT2D eigenvalue weighted by molar-refractivity contribution is 7.80. The molecule has 0 spiro atoms. The number of thiocarbonyl (C=S) groups is 1. The first kappa shape index (κ1) is 16.1. The van der Waals surface area contributed by atoms with E-state index in [9.17, 15) is 13.2 Å². The van der Waals surface area contributed by atoms with E-state index in [1.165, 1.54) is 24.3 Å². The molecule has 0 atom stereocenters. The number of halogens is 3. The largest absolute Gasteiger partial charge is 0.435 e. The highest BCUT2D eigenvalue weighted by Gasteiger charge is 2.07. The topological polar surface area (TPSA) is 33.3 Å². The number of rotatable bonds is 4. The van der Waals surface area contributed by atoms with Gasteiger partial charge in [0.25, 0.3) is 0 Å². The predicted molar refractivity (Wildman–Crippen MR) is 84.1 cm³/mol. The second kappa shape index (κ2) is 7.13. The SMILES string of the molecule is Cc1cc(OC(F)F)ccc1NC(=S)Nc1cccc(F)c1. The molecule has 3 nitrogen and oxygen atoms in total. The fourth-order valence-corrected chi connectivity index (χ4v) is 2.03. The lowest BCUT2D eigenvalue weighted by Crippen LogP contribution is -2.19. The van der Waals surface area contributed by atoms with Gasteiger partial charge in [0.2, 0.25) is 0 Å². The summed E-state index contributed by atoms with van der Waals surface area (Å²) in [4.78, 5) is 0. The van der Waals surface area contributed by atoms with Crippen LogP contribution in [-0.2, 0) is 0 Å². The van der Waals surface area contributed by atoms with Gasteiger partial charge in [-0.05, 0) is 61.1 Å². The Morgan fingerprint density at radius 2 is 1.91 bits per heavy atom. The summed E-state index contributed by atoms with van der Waals surface area (Å²) >= 11 is 5.13. The molecule has 0 heterocycles. The van der Waals surface area contributed by atoms with Crippen LogP contribution in [0, 0.1) is 12.7 Å². The minimum Gasteiger partial charge on any atom is -0.435 e. The molecule has 0 saturated heterocycles. The van der Waals surface area contributed by atoms with Crippen molar-refractivity contribution in [2.45, 2.75) is 13.5 Å². The molecule has 2 N–H and O–H groups in total. The molecular weight excluding hydrogens is 313 g/mol. The number of aryl methyl sites for hydroxylation is 1. The minimum atomic E-state index is -2.87. The molecule has 2 rings (SSSR count). The van der Waals surface area contributed by atoms with Gasteiger partial charge in [-0.15, -0.1) is 0 Å². The van der Waals surface area contributed by atoms with Crippen LogP contribution in [0.3, 0.4) is 0 Å². The van der Waals surface area contributed by atoms with Gasteiger partial charge in [0, 0.05) is 11.4 Å². The van der Waals surface area contributed by atoms with Crippen LogP contribution < -0.4 is 15.4 Å². The lowest BCUT2D eigenvalue weighted by Gasteiger charge is -2.14.